The molecular weight excluding hydrogens is 899 g/mol. The standard InChI is InChI=1S/C19H18P.C15H25NO2.C14H23NO3.C4H9O.BrH.K/c1-20(17-11-5-2-6-12-17,18-13-7-3-8-14-18)19-15-9-4-10-16-19;1-5-14-6-9-15(10-7-14,11-8-14)16-12(17)18-13(2,3)4;1-12(2,3)18-11(17)15-14-7-4-13(10-16,5-8-14)6-9-14;1-4(2,3)5;;/h2-16H,1H3;5H,1,6-11H2,2-4H3,(H,16,17);10H,4-9H2,1-3H3,(H,15,17);1-3H3;1H;/q+1;;;-1;;+1/p-1. The van der Waals surface area contributed by atoms with Crippen LogP contribution >= 0.6 is 7.26 Å². The number of hydrogen-bond donors (Lipinski definition) is 2. The van der Waals surface area contributed by atoms with Crippen LogP contribution in [-0.2, 0) is 14.3 Å². The van der Waals surface area contributed by atoms with Crippen LogP contribution in [0.2, 0.25) is 0 Å². The van der Waals surface area contributed by atoms with E-state index in [0.717, 1.165) is 83.3 Å². The van der Waals surface area contributed by atoms with Gasteiger partial charge in [0.15, 0.2) is 0 Å². The average molecular weight is 974 g/mol. The number of alkyl carbamates (subject to hydrolysis) is 2. The molecule has 0 aromatic heterocycles. The summed E-state index contributed by atoms with van der Waals surface area (Å²) in [6.45, 7) is 22.6. The van der Waals surface area contributed by atoms with Gasteiger partial charge in [0.2, 0.25) is 0 Å². The van der Waals surface area contributed by atoms with Gasteiger partial charge in [-0.15, -0.1) is 12.2 Å². The van der Waals surface area contributed by atoms with E-state index in [9.17, 15) is 19.5 Å². The second-order valence-corrected chi connectivity index (χ2v) is 24.5. The molecule has 4 bridgehead atoms. The smallest absolute Gasteiger partial charge is 1.00 e. The molecule has 9 rings (SSSR count). The zero-order valence-corrected chi connectivity index (χ0v) is 45.9. The Hall–Kier alpha value is -1.88. The molecule has 0 heterocycles. The van der Waals surface area contributed by atoms with Crippen LogP contribution in [-0.4, -0.2) is 53.0 Å². The van der Waals surface area contributed by atoms with Crippen molar-refractivity contribution >= 4 is 41.6 Å². The van der Waals surface area contributed by atoms with Gasteiger partial charge >= 0.3 is 63.6 Å². The minimum absolute atomic E-state index is 0. The number of rotatable bonds is 7. The molecular formula is C52H75BrKN2O6P. The third-order valence-electron chi connectivity index (χ3n) is 12.6. The molecule has 6 aliphatic rings. The summed E-state index contributed by atoms with van der Waals surface area (Å²) in [5.74, 6) is 0. The molecule has 6 saturated carbocycles. The number of allylic oxidation sites excluding steroid dienone is 1. The Morgan fingerprint density at radius 1 is 0.571 bits per heavy atom. The van der Waals surface area contributed by atoms with E-state index >= 15 is 0 Å². The topological polar surface area (TPSA) is 117 Å². The van der Waals surface area contributed by atoms with E-state index in [-0.39, 0.29) is 97.0 Å². The van der Waals surface area contributed by atoms with Crippen LogP contribution < -0.4 is 100 Å². The first-order chi connectivity index (χ1) is 28.4. The second-order valence-electron chi connectivity index (χ2n) is 21.0. The Kier molecular flexibility index (Phi) is 21.6. The maximum Gasteiger partial charge on any atom is 1.00 e. The maximum absolute atomic E-state index is 11.9. The van der Waals surface area contributed by atoms with Gasteiger partial charge in [-0.1, -0.05) is 81.4 Å². The number of aldehydes is 1. The molecule has 0 spiro atoms. The molecule has 11 heteroatoms. The largest absolute Gasteiger partial charge is 1.00 e. The second kappa shape index (κ2) is 23.7. The van der Waals surface area contributed by atoms with Gasteiger partial charge in [0, 0.05) is 16.5 Å². The maximum atomic E-state index is 11.9. The van der Waals surface area contributed by atoms with Crippen LogP contribution in [0.1, 0.15) is 139 Å². The molecule has 342 valence electrons. The number of fused-ring (bicyclic) bond motifs is 6. The summed E-state index contributed by atoms with van der Waals surface area (Å²) in [5, 5.41) is 20.6. The summed E-state index contributed by atoms with van der Waals surface area (Å²) in [4.78, 5) is 34.9. The van der Waals surface area contributed by atoms with E-state index in [2.05, 4.69) is 121 Å². The van der Waals surface area contributed by atoms with Crippen LogP contribution in [0.25, 0.3) is 0 Å². The first-order valence-electron chi connectivity index (χ1n) is 22.2. The zero-order valence-electron chi connectivity index (χ0n) is 40.3. The van der Waals surface area contributed by atoms with Crippen molar-refractivity contribution in [1.29, 1.82) is 0 Å². The van der Waals surface area contributed by atoms with Crippen LogP contribution in [0.3, 0.4) is 0 Å². The summed E-state index contributed by atoms with van der Waals surface area (Å²) in [6, 6.07) is 32.6. The van der Waals surface area contributed by atoms with Crippen LogP contribution in [0.15, 0.2) is 104 Å². The van der Waals surface area contributed by atoms with E-state index < -0.39 is 24.1 Å². The minimum atomic E-state index is -1.53. The monoisotopic (exact) mass is 972 g/mol. The SMILES string of the molecule is C=CC12CCC(NC(=O)OC(C)(C)C)(CC1)CC2.CC(C)(C)OC(=O)NC12CCC(C=O)(CC1)CC2.CC(C)(C)[O-].C[P+](c1ccccc1)(c1ccccc1)c1ccccc1.[Br-].[K+]. The molecule has 0 radical (unpaired) electrons. The number of hydrogen-bond acceptors (Lipinski definition) is 6. The van der Waals surface area contributed by atoms with Crippen molar-refractivity contribution in [3.05, 3.63) is 104 Å². The van der Waals surface area contributed by atoms with Gasteiger partial charge in [-0.3, -0.25) is 0 Å². The predicted molar refractivity (Wildman–Crippen MR) is 252 cm³/mol. The minimum Gasteiger partial charge on any atom is -1.00 e. The van der Waals surface area contributed by atoms with Crippen molar-refractivity contribution in [2.75, 3.05) is 6.66 Å². The normalized spacial score (nSPS) is 24.6. The Bertz CT molecular complexity index is 1670. The average Bonchev–Trinajstić information content (AvgIpc) is 3.21. The fourth-order valence-electron chi connectivity index (χ4n) is 8.95. The van der Waals surface area contributed by atoms with E-state index in [4.69, 9.17) is 9.47 Å². The fourth-order valence-corrected chi connectivity index (χ4v) is 12.2. The van der Waals surface area contributed by atoms with Gasteiger partial charge in [-0.05, 0) is 160 Å². The van der Waals surface area contributed by atoms with Crippen LogP contribution in [0.4, 0.5) is 9.59 Å². The van der Waals surface area contributed by atoms with Crippen molar-refractivity contribution in [1.82, 2.24) is 10.6 Å². The van der Waals surface area contributed by atoms with E-state index in [0.29, 0.717) is 5.41 Å². The Morgan fingerprint density at radius 2 is 0.825 bits per heavy atom. The van der Waals surface area contributed by atoms with Gasteiger partial charge in [-0.25, -0.2) is 9.59 Å². The predicted octanol–water partition coefficient (Wildman–Crippen LogP) is 4.36. The first-order valence-corrected chi connectivity index (χ1v) is 24.5. The van der Waals surface area contributed by atoms with Crippen molar-refractivity contribution in [2.24, 2.45) is 10.8 Å². The Balaban J connectivity index is 0.000000304. The molecule has 6 aliphatic carbocycles. The fraction of sp³-hybridized carbons (Fsp3) is 0.558. The summed E-state index contributed by atoms with van der Waals surface area (Å²) < 4.78 is 10.7. The summed E-state index contributed by atoms with van der Waals surface area (Å²) in [5.41, 5.74) is -1.54. The number of amides is 2. The van der Waals surface area contributed by atoms with Crippen molar-refractivity contribution < 1.29 is 97.3 Å². The number of carbonyl (C=O) groups excluding carboxylic acids is 3. The summed E-state index contributed by atoms with van der Waals surface area (Å²) in [6.07, 6.45) is 14.6. The molecule has 0 unspecified atom stereocenters. The summed E-state index contributed by atoms with van der Waals surface area (Å²) in [7, 11) is -1.53. The van der Waals surface area contributed by atoms with Crippen molar-refractivity contribution in [2.45, 2.75) is 167 Å². The molecule has 2 amide bonds. The molecule has 0 atom stereocenters. The van der Waals surface area contributed by atoms with Crippen LogP contribution in [0.5, 0.6) is 0 Å². The van der Waals surface area contributed by atoms with Gasteiger partial charge in [0.1, 0.15) is 40.7 Å². The van der Waals surface area contributed by atoms with E-state index in [1.165, 1.54) is 15.9 Å². The molecule has 2 N–H and O–H groups in total. The molecule has 6 fully saturated rings. The number of benzene rings is 3. The van der Waals surface area contributed by atoms with Crippen molar-refractivity contribution in [3.8, 4) is 0 Å². The zero-order chi connectivity index (χ0) is 45.2. The molecule has 63 heavy (non-hydrogen) atoms. The third-order valence-corrected chi connectivity index (χ3v) is 16.6. The molecule has 0 aliphatic heterocycles. The molecule has 3 aromatic carbocycles. The number of nitrogens with one attached hydrogen (secondary N) is 2. The van der Waals surface area contributed by atoms with Gasteiger partial charge in [0.05, 0.1) is 6.66 Å². The molecule has 8 nitrogen and oxygen atoms in total. The number of carbonyl (C=O) groups is 3. The van der Waals surface area contributed by atoms with Gasteiger partial charge in [-0.2, -0.15) is 0 Å². The quantitative estimate of drug-likeness (QED) is 0.158. The molecule has 3 aromatic rings. The first kappa shape index (κ1) is 57.2. The van der Waals surface area contributed by atoms with Crippen molar-refractivity contribution in [3.63, 3.8) is 0 Å². The summed E-state index contributed by atoms with van der Waals surface area (Å²) >= 11 is 0. The van der Waals surface area contributed by atoms with E-state index in [1.54, 1.807) is 20.8 Å². The number of halogens is 1. The van der Waals surface area contributed by atoms with Crippen LogP contribution in [0, 0.1) is 10.8 Å². The molecule has 0 saturated heterocycles. The van der Waals surface area contributed by atoms with Gasteiger partial charge < -0.3 is 47.0 Å². The Labute approximate surface area is 433 Å². The third kappa shape index (κ3) is 17.4. The Morgan fingerprint density at radius 3 is 1.05 bits per heavy atom. The van der Waals surface area contributed by atoms with Gasteiger partial charge in [0.25, 0.3) is 0 Å². The van der Waals surface area contributed by atoms with E-state index in [1.807, 2.05) is 41.5 Å². The number of ether oxygens (including phenoxy) is 2.